The van der Waals surface area contributed by atoms with Crippen molar-refractivity contribution in [2.45, 2.75) is 71.8 Å². The van der Waals surface area contributed by atoms with E-state index in [1.165, 1.54) is 16.2 Å². The number of carbonyl (C=O) groups is 1. The Bertz CT molecular complexity index is 1070. The number of ketones is 1. The molecule has 36 heavy (non-hydrogen) atoms. The number of Topliss-reactive ketones (excluding diaryl/α,β-unsaturated/α-hetero) is 1. The number of aromatic hydroxyl groups is 1. The molecule has 2 aliphatic heterocycles. The number of aliphatic imine (C=N–C) groups is 1. The first-order valence-corrected chi connectivity index (χ1v) is 13.4. The van der Waals surface area contributed by atoms with Gasteiger partial charge in [0.2, 0.25) is 6.73 Å². The first-order valence-electron chi connectivity index (χ1n) is 13.4. The summed E-state index contributed by atoms with van der Waals surface area (Å²) in [6.07, 6.45) is 12.8. The number of allylic oxidation sites excluding steroid dienone is 3. The molecule has 4 atom stereocenters. The van der Waals surface area contributed by atoms with E-state index >= 15 is 0 Å². The minimum Gasteiger partial charge on any atom is -0.504 e. The number of rotatable bonds is 12. The van der Waals surface area contributed by atoms with Crippen LogP contribution >= 0.6 is 0 Å². The van der Waals surface area contributed by atoms with Crippen LogP contribution in [0.1, 0.15) is 64.9 Å². The number of quaternary nitrogens is 1. The third-order valence-corrected chi connectivity index (χ3v) is 7.58. The van der Waals surface area contributed by atoms with Crippen LogP contribution in [0.2, 0.25) is 0 Å². The molecular weight excluding hydrogens is 452 g/mol. The normalized spacial score (nSPS) is 23.8. The van der Waals surface area contributed by atoms with E-state index in [1.54, 1.807) is 6.07 Å². The molecule has 6 nitrogen and oxygen atoms in total. The third kappa shape index (κ3) is 6.74. The molecule has 0 radical (unpaired) electrons. The van der Waals surface area contributed by atoms with Crippen LogP contribution in [0.4, 0.5) is 0 Å². The molecule has 3 N–H and O–H groups in total. The minimum absolute atomic E-state index is 0.0633. The highest BCUT2D eigenvalue weighted by Gasteiger charge is 2.33. The third-order valence-electron chi connectivity index (χ3n) is 7.58. The van der Waals surface area contributed by atoms with Crippen molar-refractivity contribution in [2.75, 3.05) is 13.3 Å². The van der Waals surface area contributed by atoms with Crippen LogP contribution < -0.4 is 9.64 Å². The van der Waals surface area contributed by atoms with E-state index in [-0.39, 0.29) is 23.9 Å². The standard InChI is InChI=1S/C30H40N2O4/c1-20(2)4-12-27-25-14-15-31-26(25)18-32(27)19-36-30-16-22(8-13-28(30)34)7-11-24(33)17-29(35)23-9-5-21(3)6-10-23/h5,8-9,13-16,20-21,23,29,34-35H,4,6-7,10-12,17-19H2,1-3H3/p+1/t21-,23-,29+/m1/s1. The summed E-state index contributed by atoms with van der Waals surface area (Å²) in [6.45, 7) is 7.85. The maximum atomic E-state index is 12.5. The number of nitrogens with zero attached hydrogens (tertiary/aromatic N) is 1. The Hall–Kier alpha value is -2.70. The molecule has 2 heterocycles. The van der Waals surface area contributed by atoms with Gasteiger partial charge in [-0.3, -0.25) is 14.7 Å². The number of aliphatic hydroxyl groups excluding tert-OH is 1. The zero-order valence-corrected chi connectivity index (χ0v) is 21.9. The van der Waals surface area contributed by atoms with Crippen LogP contribution in [0.3, 0.4) is 0 Å². The van der Waals surface area contributed by atoms with E-state index in [1.807, 2.05) is 18.3 Å². The first kappa shape index (κ1) is 26.4. The average molecular weight is 494 g/mol. The maximum absolute atomic E-state index is 12.5. The molecule has 0 fully saturated rings. The van der Waals surface area contributed by atoms with Gasteiger partial charge < -0.3 is 14.9 Å². The molecule has 194 valence electrons. The van der Waals surface area contributed by atoms with Gasteiger partial charge in [0.05, 0.1) is 11.7 Å². The second-order valence-corrected chi connectivity index (χ2v) is 11.0. The zero-order chi connectivity index (χ0) is 25.7. The van der Waals surface area contributed by atoms with Gasteiger partial charge in [0.25, 0.3) is 0 Å². The highest BCUT2D eigenvalue weighted by Crippen LogP contribution is 2.29. The smallest absolute Gasteiger partial charge is 0.227 e. The van der Waals surface area contributed by atoms with Crippen molar-refractivity contribution < 1.29 is 24.6 Å². The molecule has 0 saturated carbocycles. The van der Waals surface area contributed by atoms with Gasteiger partial charge in [-0.2, -0.15) is 0 Å². The average Bonchev–Trinajstić information content (AvgIpc) is 3.43. The van der Waals surface area contributed by atoms with Gasteiger partial charge in [-0.15, -0.1) is 0 Å². The number of hydrogen-bond acceptors (Lipinski definition) is 5. The number of aliphatic hydroxyl groups is 1. The monoisotopic (exact) mass is 493 g/mol. The fraction of sp³-hybridized carbons (Fsp3) is 0.533. The van der Waals surface area contributed by atoms with Crippen molar-refractivity contribution in [1.82, 2.24) is 0 Å². The minimum atomic E-state index is -0.610. The molecule has 1 unspecified atom stereocenters. The van der Waals surface area contributed by atoms with Crippen molar-refractivity contribution >= 4 is 11.5 Å². The Labute approximate surface area is 215 Å². The van der Waals surface area contributed by atoms with Crippen molar-refractivity contribution in [1.29, 1.82) is 0 Å². The van der Waals surface area contributed by atoms with E-state index in [9.17, 15) is 15.0 Å². The van der Waals surface area contributed by atoms with Gasteiger partial charge >= 0.3 is 0 Å². The molecule has 0 amide bonds. The van der Waals surface area contributed by atoms with Crippen LogP contribution in [-0.2, 0) is 11.2 Å². The van der Waals surface area contributed by atoms with Gasteiger partial charge in [-0.1, -0.05) is 39.0 Å². The first-order chi connectivity index (χ1) is 17.3. The van der Waals surface area contributed by atoms with Gasteiger partial charge in [0.1, 0.15) is 23.7 Å². The SMILES string of the molecule is CC(C)CCC1=C2C=CN=C2C[NH+]1COc1cc(CCC(=O)C[C@H](O)[C@@H]2C=C[C@@H](C)CC2)ccc1O. The van der Waals surface area contributed by atoms with Gasteiger partial charge in [-0.05, 0) is 61.3 Å². The Morgan fingerprint density at radius 3 is 2.81 bits per heavy atom. The lowest BCUT2D eigenvalue weighted by atomic mass is 9.84. The molecule has 6 heteroatoms. The lowest BCUT2D eigenvalue weighted by Crippen LogP contribution is -3.10. The van der Waals surface area contributed by atoms with Gasteiger partial charge in [0, 0.05) is 31.4 Å². The lowest BCUT2D eigenvalue weighted by molar-refractivity contribution is -0.866. The summed E-state index contributed by atoms with van der Waals surface area (Å²) in [5.74, 6) is 1.86. The lowest BCUT2D eigenvalue weighted by Gasteiger charge is -2.24. The predicted molar refractivity (Wildman–Crippen MR) is 142 cm³/mol. The van der Waals surface area contributed by atoms with Crippen molar-refractivity contribution in [3.8, 4) is 11.5 Å². The largest absolute Gasteiger partial charge is 0.504 e. The predicted octanol–water partition coefficient (Wildman–Crippen LogP) is 4.14. The summed E-state index contributed by atoms with van der Waals surface area (Å²) in [7, 11) is 0. The number of phenols is 1. The number of hydrogen-bond donors (Lipinski definition) is 3. The topological polar surface area (TPSA) is 83.6 Å². The molecule has 1 aliphatic carbocycles. The summed E-state index contributed by atoms with van der Waals surface area (Å²) < 4.78 is 6.09. The van der Waals surface area contributed by atoms with Crippen molar-refractivity contribution in [3.05, 3.63) is 59.5 Å². The van der Waals surface area contributed by atoms with Crippen LogP contribution in [0, 0.1) is 17.8 Å². The molecule has 4 rings (SSSR count). The zero-order valence-electron chi connectivity index (χ0n) is 21.9. The van der Waals surface area contributed by atoms with Gasteiger partial charge in [0.15, 0.2) is 11.5 Å². The van der Waals surface area contributed by atoms with Crippen molar-refractivity contribution in [3.63, 3.8) is 0 Å². The van der Waals surface area contributed by atoms with E-state index < -0.39 is 6.10 Å². The fourth-order valence-electron chi connectivity index (χ4n) is 5.23. The number of carbonyl (C=O) groups excluding carboxylic acids is 1. The number of aryl methyl sites for hydroxylation is 1. The van der Waals surface area contributed by atoms with Gasteiger partial charge in [-0.25, -0.2) is 0 Å². The second kappa shape index (κ2) is 12.0. The van der Waals surface area contributed by atoms with Crippen LogP contribution in [0.15, 0.2) is 58.9 Å². The molecule has 1 aromatic carbocycles. The number of fused-ring (bicyclic) bond motifs is 1. The maximum Gasteiger partial charge on any atom is 0.227 e. The van der Waals surface area contributed by atoms with E-state index in [0.29, 0.717) is 37.2 Å². The van der Waals surface area contributed by atoms with E-state index in [0.717, 1.165) is 43.5 Å². The molecule has 0 saturated heterocycles. The quantitative estimate of drug-likeness (QED) is 0.382. The fourth-order valence-corrected chi connectivity index (χ4v) is 5.23. The molecule has 0 spiro atoms. The van der Waals surface area contributed by atoms with E-state index in [4.69, 9.17) is 4.74 Å². The number of benzene rings is 1. The Kier molecular flexibility index (Phi) is 8.81. The molecule has 0 bridgehead atoms. The van der Waals surface area contributed by atoms with Crippen LogP contribution in [0.25, 0.3) is 0 Å². The molecule has 3 aliphatic rings. The number of nitrogens with one attached hydrogen (secondary N) is 1. The molecule has 1 aromatic rings. The molecular formula is C30H41N2O4+. The van der Waals surface area contributed by atoms with E-state index in [2.05, 4.69) is 44.0 Å². The summed E-state index contributed by atoms with van der Waals surface area (Å²) in [6, 6.07) is 5.30. The van der Waals surface area contributed by atoms with Crippen LogP contribution in [-0.4, -0.2) is 41.1 Å². The van der Waals surface area contributed by atoms with Crippen LogP contribution in [0.5, 0.6) is 11.5 Å². The second-order valence-electron chi connectivity index (χ2n) is 11.0. The number of ether oxygens (including phenoxy) is 1. The molecule has 0 aromatic heterocycles. The Morgan fingerprint density at radius 2 is 2.06 bits per heavy atom. The highest BCUT2D eigenvalue weighted by atomic mass is 16.5. The Balaban J connectivity index is 1.30. The summed E-state index contributed by atoms with van der Waals surface area (Å²) in [5, 5.41) is 20.9. The summed E-state index contributed by atoms with van der Waals surface area (Å²) >= 11 is 0. The number of phenolic OH excluding ortho intramolecular Hbond substituents is 1. The summed E-state index contributed by atoms with van der Waals surface area (Å²) in [4.78, 5) is 18.3. The summed E-state index contributed by atoms with van der Waals surface area (Å²) in [5.41, 5.74) is 4.63. The Morgan fingerprint density at radius 1 is 1.22 bits per heavy atom. The van der Waals surface area contributed by atoms with Crippen molar-refractivity contribution in [2.24, 2.45) is 22.7 Å². The highest BCUT2D eigenvalue weighted by molar-refractivity contribution is 6.07.